The van der Waals surface area contributed by atoms with E-state index in [-0.39, 0.29) is 23.7 Å². The molecule has 4 heterocycles. The van der Waals surface area contributed by atoms with Crippen LogP contribution in [0.2, 0.25) is 0 Å². The Morgan fingerprint density at radius 2 is 2.13 bits per heavy atom. The largest absolute Gasteiger partial charge is 0.360 e. The molecule has 1 aromatic carbocycles. The first kappa shape index (κ1) is 19.0. The summed E-state index contributed by atoms with van der Waals surface area (Å²) < 4.78 is 21.3. The van der Waals surface area contributed by atoms with Crippen LogP contribution in [-0.2, 0) is 34.5 Å². The number of halogens is 1. The molecule has 1 spiro atoms. The van der Waals surface area contributed by atoms with Crippen LogP contribution in [0.3, 0.4) is 0 Å². The van der Waals surface area contributed by atoms with Gasteiger partial charge in [0.1, 0.15) is 17.2 Å². The average molecular weight is 410 g/mol. The molecule has 2 saturated heterocycles. The van der Waals surface area contributed by atoms with Gasteiger partial charge in [0.05, 0.1) is 31.0 Å². The Kier molecular flexibility index (Phi) is 4.28. The third kappa shape index (κ3) is 2.86. The molecule has 156 valence electrons. The van der Waals surface area contributed by atoms with Crippen molar-refractivity contribution in [3.05, 3.63) is 66.0 Å². The van der Waals surface area contributed by atoms with Gasteiger partial charge in [-0.05, 0) is 17.7 Å². The number of fused-ring (bicyclic) bond motifs is 1. The number of hydrogen-bond donors (Lipinski definition) is 0. The second-order valence-electron chi connectivity index (χ2n) is 8.37. The maximum absolute atomic E-state index is 13.3. The molecule has 0 saturated carbocycles. The normalized spacial score (nSPS) is 29.0. The molecule has 30 heavy (non-hydrogen) atoms. The van der Waals surface area contributed by atoms with Gasteiger partial charge in [-0.25, -0.2) is 9.37 Å². The quantitative estimate of drug-likeness (QED) is 0.701. The number of imidazole rings is 1. The number of rotatable bonds is 5. The molecule has 3 aliphatic rings. The monoisotopic (exact) mass is 410 g/mol. The number of likely N-dealkylation sites (tertiary alicyclic amines) is 1. The number of carbonyl (C=O) groups excluding carboxylic acids is 2. The molecule has 8 heteroatoms. The lowest BCUT2D eigenvalue weighted by molar-refractivity contribution is -0.143. The molecule has 2 fully saturated rings. The van der Waals surface area contributed by atoms with Crippen molar-refractivity contribution < 1.29 is 18.7 Å². The average Bonchev–Trinajstić information content (AvgIpc) is 3.46. The number of ether oxygens (including phenoxy) is 1. The Morgan fingerprint density at radius 3 is 2.83 bits per heavy atom. The van der Waals surface area contributed by atoms with Crippen LogP contribution in [0.15, 0.2) is 48.8 Å². The smallest absolute Gasteiger partial charge is 0.230 e. The molecule has 0 radical (unpaired) electrons. The van der Waals surface area contributed by atoms with E-state index in [1.807, 2.05) is 30.0 Å². The van der Waals surface area contributed by atoms with Crippen molar-refractivity contribution in [3.8, 4) is 0 Å². The summed E-state index contributed by atoms with van der Waals surface area (Å²) in [6, 6.07) is 6.11. The van der Waals surface area contributed by atoms with Crippen molar-refractivity contribution in [3.63, 3.8) is 0 Å². The first-order valence-electron chi connectivity index (χ1n) is 9.99. The summed E-state index contributed by atoms with van der Waals surface area (Å²) in [4.78, 5) is 34.2. The minimum Gasteiger partial charge on any atom is -0.360 e. The molecular formula is C22H23FN4O3. The van der Waals surface area contributed by atoms with E-state index < -0.39 is 17.4 Å². The van der Waals surface area contributed by atoms with Crippen LogP contribution >= 0.6 is 0 Å². The first-order valence-corrected chi connectivity index (χ1v) is 9.99. The highest BCUT2D eigenvalue weighted by Gasteiger charge is 2.67. The molecule has 0 N–H and O–H groups in total. The molecule has 0 aliphatic carbocycles. The molecule has 1 aromatic heterocycles. The molecular weight excluding hydrogens is 387 g/mol. The van der Waals surface area contributed by atoms with Gasteiger partial charge in [-0.2, -0.15) is 0 Å². The van der Waals surface area contributed by atoms with Crippen LogP contribution in [0.25, 0.3) is 0 Å². The Balaban J connectivity index is 1.36. The van der Waals surface area contributed by atoms with Gasteiger partial charge in [-0.1, -0.05) is 24.3 Å². The first-order chi connectivity index (χ1) is 14.4. The third-order valence-corrected chi connectivity index (χ3v) is 6.43. The Morgan fingerprint density at radius 1 is 1.37 bits per heavy atom. The Bertz CT molecular complexity index is 1030. The summed E-state index contributed by atoms with van der Waals surface area (Å²) >= 11 is 0. The lowest BCUT2D eigenvalue weighted by Gasteiger charge is -2.27. The fourth-order valence-corrected chi connectivity index (χ4v) is 4.90. The van der Waals surface area contributed by atoms with Crippen LogP contribution < -0.4 is 0 Å². The van der Waals surface area contributed by atoms with Crippen molar-refractivity contribution in [2.75, 3.05) is 13.6 Å². The summed E-state index contributed by atoms with van der Waals surface area (Å²) in [7, 11) is 3.61. The molecule has 3 aliphatic heterocycles. The van der Waals surface area contributed by atoms with Crippen LogP contribution in [-0.4, -0.2) is 56.5 Å². The van der Waals surface area contributed by atoms with E-state index in [9.17, 15) is 14.0 Å². The van der Waals surface area contributed by atoms with E-state index in [2.05, 4.69) is 4.98 Å². The van der Waals surface area contributed by atoms with Crippen LogP contribution in [0, 0.1) is 17.7 Å². The van der Waals surface area contributed by atoms with E-state index in [4.69, 9.17) is 4.74 Å². The van der Waals surface area contributed by atoms with Gasteiger partial charge >= 0.3 is 0 Å². The van der Waals surface area contributed by atoms with Crippen LogP contribution in [0.4, 0.5) is 4.39 Å². The Labute approximate surface area is 173 Å². The second kappa shape index (κ2) is 6.77. The number of hydrogen-bond acceptors (Lipinski definition) is 4. The molecule has 2 aromatic rings. The van der Waals surface area contributed by atoms with Gasteiger partial charge in [-0.15, -0.1) is 0 Å². The molecule has 2 bridgehead atoms. The van der Waals surface area contributed by atoms with Gasteiger partial charge < -0.3 is 19.1 Å². The van der Waals surface area contributed by atoms with Crippen molar-refractivity contribution >= 4 is 11.8 Å². The number of carbonyl (C=O) groups is 2. The summed E-state index contributed by atoms with van der Waals surface area (Å²) in [5.74, 6) is -0.828. The lowest BCUT2D eigenvalue weighted by Crippen LogP contribution is -2.44. The van der Waals surface area contributed by atoms with E-state index in [0.717, 1.165) is 11.4 Å². The predicted octanol–water partition coefficient (Wildman–Crippen LogP) is 1.50. The van der Waals surface area contributed by atoms with E-state index in [1.54, 1.807) is 35.2 Å². The van der Waals surface area contributed by atoms with Crippen LogP contribution in [0.1, 0.15) is 11.4 Å². The van der Waals surface area contributed by atoms with Crippen LogP contribution in [0.5, 0.6) is 0 Å². The SMILES string of the molecule is CN(Cc1nccn1C)C(=O)[C@@H]1[C@@H]2C=C[C@@]3(CN(Cc4ccc(F)cc4)C(=O)[C@H]13)O2. The highest BCUT2D eigenvalue weighted by molar-refractivity contribution is 5.93. The molecule has 0 unspecified atom stereocenters. The third-order valence-electron chi connectivity index (χ3n) is 6.43. The number of aromatic nitrogens is 2. The minimum atomic E-state index is -0.758. The number of benzene rings is 1. The zero-order valence-electron chi connectivity index (χ0n) is 16.9. The fourth-order valence-electron chi connectivity index (χ4n) is 4.90. The summed E-state index contributed by atoms with van der Waals surface area (Å²) in [6.07, 6.45) is 6.98. The van der Waals surface area contributed by atoms with Gasteiger partial charge in [0.2, 0.25) is 11.8 Å². The van der Waals surface area contributed by atoms with E-state index in [1.165, 1.54) is 12.1 Å². The lowest BCUT2D eigenvalue weighted by atomic mass is 9.76. The second-order valence-corrected chi connectivity index (χ2v) is 8.37. The fraction of sp³-hybridized carbons (Fsp3) is 0.409. The molecule has 4 atom stereocenters. The topological polar surface area (TPSA) is 67.7 Å². The number of amides is 2. The molecule has 2 amide bonds. The van der Waals surface area contributed by atoms with E-state index >= 15 is 0 Å². The predicted molar refractivity (Wildman–Crippen MR) is 105 cm³/mol. The van der Waals surface area contributed by atoms with Crippen molar-refractivity contribution in [2.45, 2.75) is 24.8 Å². The molecule has 5 rings (SSSR count). The minimum absolute atomic E-state index is 0.0880. The highest BCUT2D eigenvalue weighted by atomic mass is 19.1. The van der Waals surface area contributed by atoms with Gasteiger partial charge in [0, 0.05) is 33.0 Å². The Hall–Kier alpha value is -3.00. The summed E-state index contributed by atoms with van der Waals surface area (Å²) in [5.41, 5.74) is 0.0843. The summed E-state index contributed by atoms with van der Waals surface area (Å²) in [5, 5.41) is 0. The maximum atomic E-state index is 13.3. The van der Waals surface area contributed by atoms with E-state index in [0.29, 0.717) is 19.6 Å². The number of nitrogens with zero attached hydrogens (tertiary/aromatic N) is 4. The highest BCUT2D eigenvalue weighted by Crippen LogP contribution is 2.52. The van der Waals surface area contributed by atoms with Gasteiger partial charge in [-0.3, -0.25) is 9.59 Å². The summed E-state index contributed by atoms with van der Waals surface area (Å²) in [6.45, 7) is 1.12. The molecule has 7 nitrogen and oxygen atoms in total. The van der Waals surface area contributed by atoms with Crippen molar-refractivity contribution in [1.82, 2.24) is 19.4 Å². The standard InChI is InChI=1S/C22H23FN4O3/c1-25-10-9-24-17(25)12-26(2)20(28)18-16-7-8-22(30-16)13-27(21(29)19(18)22)11-14-3-5-15(23)6-4-14/h3-10,16,18-19H,11-13H2,1-2H3/t16-,18+,19-,22-/m0/s1. The maximum Gasteiger partial charge on any atom is 0.230 e. The zero-order chi connectivity index (χ0) is 21.0. The zero-order valence-corrected chi connectivity index (χ0v) is 16.9. The van der Waals surface area contributed by atoms with Crippen molar-refractivity contribution in [1.29, 1.82) is 0 Å². The number of aryl methyl sites for hydroxylation is 1. The van der Waals surface area contributed by atoms with Crippen molar-refractivity contribution in [2.24, 2.45) is 18.9 Å². The van der Waals surface area contributed by atoms with Gasteiger partial charge in [0.15, 0.2) is 0 Å². The van der Waals surface area contributed by atoms with Gasteiger partial charge in [0.25, 0.3) is 0 Å².